The molecule has 0 bridgehead atoms. The first kappa shape index (κ1) is 9.79. The molecule has 0 aromatic carbocycles. The van der Waals surface area contributed by atoms with E-state index < -0.39 is 24.1 Å². The molecule has 3 N–H and O–H groups in total. The second-order valence-corrected chi connectivity index (χ2v) is 1.62. The molecule has 7 heteroatoms. The monoisotopic (exact) mass is 168 g/mol. The molecule has 2 unspecified atom stereocenters. The molecule has 0 fully saturated rings. The molecule has 64 valence electrons. The molecule has 0 amide bonds. The van der Waals surface area contributed by atoms with E-state index in [0.29, 0.717) is 0 Å². The molecule has 0 aliphatic rings. The SMILES string of the molecule is O=C(O)C(O)C(O)C(=O)OF. The van der Waals surface area contributed by atoms with Gasteiger partial charge in [-0.3, -0.25) is 4.94 Å². The minimum absolute atomic E-state index is 1.84. The highest BCUT2D eigenvalue weighted by molar-refractivity contribution is 5.83. The third-order valence-corrected chi connectivity index (χ3v) is 0.870. The minimum atomic E-state index is -2.41. The molecule has 0 aliphatic carbocycles. The van der Waals surface area contributed by atoms with Crippen LogP contribution >= 0.6 is 0 Å². The molecule has 0 radical (unpaired) electrons. The Morgan fingerprint density at radius 3 is 2.00 bits per heavy atom. The molecule has 11 heavy (non-hydrogen) atoms. The minimum Gasteiger partial charge on any atom is -0.479 e. The predicted octanol–water partition coefficient (Wildman–Crippen LogP) is -1.78. The summed E-state index contributed by atoms with van der Waals surface area (Å²) in [5.74, 6) is -3.69. The Bertz CT molecular complexity index is 168. The summed E-state index contributed by atoms with van der Waals surface area (Å²) in [6.07, 6.45) is -4.78. The Morgan fingerprint density at radius 2 is 1.73 bits per heavy atom. The fourth-order valence-corrected chi connectivity index (χ4v) is 0.310. The quantitative estimate of drug-likeness (QED) is 0.460. The lowest BCUT2D eigenvalue weighted by molar-refractivity contribution is -0.201. The summed E-state index contributed by atoms with van der Waals surface area (Å²) in [6, 6.07) is 0. The van der Waals surface area contributed by atoms with E-state index in [1.165, 1.54) is 0 Å². The Labute approximate surface area is 59.7 Å². The first-order chi connectivity index (χ1) is 5.00. The van der Waals surface area contributed by atoms with Crippen LogP contribution in [0.1, 0.15) is 0 Å². The largest absolute Gasteiger partial charge is 0.479 e. The van der Waals surface area contributed by atoms with Crippen LogP contribution in [0.15, 0.2) is 0 Å². The normalized spacial score (nSPS) is 15.2. The standard InChI is InChI=1S/C4H5FO6/c5-11-4(10)2(7)1(6)3(8)9/h1-2,6-7H,(H,8,9). The molecule has 2 atom stereocenters. The maximum absolute atomic E-state index is 10.9. The van der Waals surface area contributed by atoms with Crippen molar-refractivity contribution in [3.63, 3.8) is 0 Å². The van der Waals surface area contributed by atoms with E-state index in [-0.39, 0.29) is 0 Å². The van der Waals surface area contributed by atoms with Crippen molar-refractivity contribution >= 4 is 11.9 Å². The zero-order chi connectivity index (χ0) is 9.02. The Hall–Kier alpha value is -1.21. The van der Waals surface area contributed by atoms with Crippen LogP contribution in [0.2, 0.25) is 0 Å². The number of aliphatic hydroxyl groups is 2. The molecule has 0 heterocycles. The van der Waals surface area contributed by atoms with Gasteiger partial charge in [0.15, 0.2) is 12.2 Å². The number of aliphatic hydroxyl groups excluding tert-OH is 2. The maximum atomic E-state index is 10.9. The molecule has 0 aliphatic heterocycles. The molecule has 0 spiro atoms. The van der Waals surface area contributed by atoms with Gasteiger partial charge in [0, 0.05) is 4.53 Å². The van der Waals surface area contributed by atoms with Gasteiger partial charge in [-0.05, 0) is 0 Å². The van der Waals surface area contributed by atoms with Crippen molar-refractivity contribution in [2.75, 3.05) is 0 Å². The van der Waals surface area contributed by atoms with Crippen LogP contribution in [0.4, 0.5) is 4.53 Å². The van der Waals surface area contributed by atoms with Crippen LogP contribution in [0.3, 0.4) is 0 Å². The Kier molecular flexibility index (Phi) is 3.42. The van der Waals surface area contributed by atoms with Gasteiger partial charge in [0.1, 0.15) is 0 Å². The van der Waals surface area contributed by atoms with Crippen molar-refractivity contribution in [3.8, 4) is 0 Å². The van der Waals surface area contributed by atoms with Gasteiger partial charge in [-0.1, -0.05) is 0 Å². The summed E-state index contributed by atoms with van der Waals surface area (Å²) < 4.78 is 10.9. The first-order valence-electron chi connectivity index (χ1n) is 2.42. The smallest absolute Gasteiger partial charge is 0.380 e. The zero-order valence-electron chi connectivity index (χ0n) is 5.10. The molecule has 0 aromatic rings. The van der Waals surface area contributed by atoms with Crippen LogP contribution in [-0.4, -0.2) is 39.5 Å². The van der Waals surface area contributed by atoms with Crippen molar-refractivity contribution in [2.45, 2.75) is 12.2 Å². The average molecular weight is 168 g/mol. The number of rotatable bonds is 3. The van der Waals surface area contributed by atoms with Crippen LogP contribution < -0.4 is 0 Å². The lowest BCUT2D eigenvalue weighted by Crippen LogP contribution is -2.39. The van der Waals surface area contributed by atoms with Gasteiger partial charge < -0.3 is 15.3 Å². The molecular weight excluding hydrogens is 163 g/mol. The first-order valence-corrected chi connectivity index (χ1v) is 2.42. The molecule has 0 aromatic heterocycles. The van der Waals surface area contributed by atoms with Crippen LogP contribution in [0.5, 0.6) is 0 Å². The summed E-state index contributed by atoms with van der Waals surface area (Å²) in [6.45, 7) is 0. The molecular formula is C4H5FO6. The van der Waals surface area contributed by atoms with E-state index in [1.807, 2.05) is 0 Å². The highest BCUT2D eigenvalue weighted by Crippen LogP contribution is 1.96. The number of hydrogen-bond donors (Lipinski definition) is 3. The number of hydrogen-bond acceptors (Lipinski definition) is 5. The van der Waals surface area contributed by atoms with Crippen molar-refractivity contribution in [3.05, 3.63) is 0 Å². The number of aliphatic carboxylic acids is 1. The molecule has 0 saturated heterocycles. The van der Waals surface area contributed by atoms with Crippen LogP contribution in [0.25, 0.3) is 0 Å². The van der Waals surface area contributed by atoms with Crippen molar-refractivity contribution < 1.29 is 34.4 Å². The third-order valence-electron chi connectivity index (χ3n) is 0.870. The number of carbonyl (C=O) groups excluding carboxylic acids is 1. The van der Waals surface area contributed by atoms with E-state index in [4.69, 9.17) is 15.3 Å². The second-order valence-electron chi connectivity index (χ2n) is 1.62. The summed E-state index contributed by atoms with van der Waals surface area (Å²) >= 11 is 0. The number of carbonyl (C=O) groups is 2. The topological polar surface area (TPSA) is 104 Å². The van der Waals surface area contributed by atoms with E-state index in [9.17, 15) is 14.1 Å². The summed E-state index contributed by atoms with van der Waals surface area (Å²) in [5, 5.41) is 24.7. The summed E-state index contributed by atoms with van der Waals surface area (Å²) in [5.41, 5.74) is 0. The number of halogens is 1. The van der Waals surface area contributed by atoms with E-state index in [2.05, 4.69) is 4.94 Å². The van der Waals surface area contributed by atoms with Gasteiger partial charge in [-0.25, -0.2) is 9.59 Å². The zero-order valence-corrected chi connectivity index (χ0v) is 5.10. The highest BCUT2D eigenvalue weighted by Gasteiger charge is 2.31. The lowest BCUT2D eigenvalue weighted by Gasteiger charge is -2.08. The third kappa shape index (κ3) is 2.48. The molecule has 0 rings (SSSR count). The summed E-state index contributed by atoms with van der Waals surface area (Å²) in [7, 11) is 0. The maximum Gasteiger partial charge on any atom is 0.380 e. The van der Waals surface area contributed by atoms with Gasteiger partial charge in [0.2, 0.25) is 0 Å². The van der Waals surface area contributed by atoms with Gasteiger partial charge in [0.05, 0.1) is 0 Å². The Balaban J connectivity index is 4.12. The number of carboxylic acids is 1. The fraction of sp³-hybridized carbons (Fsp3) is 0.500. The molecule has 0 saturated carbocycles. The van der Waals surface area contributed by atoms with Gasteiger partial charge >= 0.3 is 11.9 Å². The van der Waals surface area contributed by atoms with Crippen molar-refractivity contribution in [1.82, 2.24) is 0 Å². The highest BCUT2D eigenvalue weighted by atomic mass is 19.3. The van der Waals surface area contributed by atoms with E-state index >= 15 is 0 Å². The number of carboxylic acid groups (broad SMARTS) is 1. The van der Waals surface area contributed by atoms with Crippen LogP contribution in [-0.2, 0) is 14.5 Å². The Morgan fingerprint density at radius 1 is 1.27 bits per heavy atom. The predicted molar refractivity (Wildman–Crippen MR) is 26.8 cm³/mol. The van der Waals surface area contributed by atoms with Crippen molar-refractivity contribution in [1.29, 1.82) is 0 Å². The van der Waals surface area contributed by atoms with Gasteiger partial charge in [-0.15, -0.1) is 0 Å². The summed E-state index contributed by atoms with van der Waals surface area (Å²) in [4.78, 5) is 22.3. The van der Waals surface area contributed by atoms with Gasteiger partial charge in [0.25, 0.3) is 0 Å². The average Bonchev–Trinajstić information content (AvgIpc) is 2.00. The van der Waals surface area contributed by atoms with Crippen molar-refractivity contribution in [2.24, 2.45) is 0 Å². The van der Waals surface area contributed by atoms with Crippen LogP contribution in [0, 0.1) is 0 Å². The fourth-order valence-electron chi connectivity index (χ4n) is 0.310. The molecule has 6 nitrogen and oxygen atoms in total. The van der Waals surface area contributed by atoms with E-state index in [1.54, 1.807) is 0 Å². The van der Waals surface area contributed by atoms with Gasteiger partial charge in [-0.2, -0.15) is 0 Å². The van der Waals surface area contributed by atoms with E-state index in [0.717, 1.165) is 0 Å². The lowest BCUT2D eigenvalue weighted by atomic mass is 10.2. The second kappa shape index (κ2) is 3.84.